The Hall–Kier alpha value is 0.830. The van der Waals surface area contributed by atoms with Crippen LogP contribution in [0.1, 0.15) is 33.1 Å². The van der Waals surface area contributed by atoms with E-state index in [2.05, 4.69) is 36.0 Å². The van der Waals surface area contributed by atoms with Gasteiger partial charge in [-0.25, -0.2) is 0 Å². The summed E-state index contributed by atoms with van der Waals surface area (Å²) in [5.74, 6) is 3.07. The van der Waals surface area contributed by atoms with Crippen molar-refractivity contribution in [1.29, 1.82) is 0 Å². The van der Waals surface area contributed by atoms with E-state index >= 15 is 0 Å². The predicted octanol–water partition coefficient (Wildman–Crippen LogP) is 4.19. The van der Waals surface area contributed by atoms with E-state index in [0.29, 0.717) is 0 Å². The molecule has 1 atom stereocenters. The molecule has 0 amide bonds. The van der Waals surface area contributed by atoms with Gasteiger partial charge in [-0.2, -0.15) is 11.8 Å². The normalized spacial score (nSPS) is 13.8. The van der Waals surface area contributed by atoms with E-state index < -0.39 is 0 Å². The SMILES string of the molecule is CSCCCC(CBr)CC(C)C. The Bertz CT molecular complexity index is 93.8. The fourth-order valence-corrected chi connectivity index (χ4v) is 2.48. The molecular weight excluding hydrogens is 232 g/mol. The Kier molecular flexibility index (Phi) is 9.01. The Morgan fingerprint density at radius 1 is 1.33 bits per heavy atom. The lowest BCUT2D eigenvalue weighted by atomic mass is 9.95. The van der Waals surface area contributed by atoms with Crippen LogP contribution in [0.2, 0.25) is 0 Å². The second kappa shape index (κ2) is 8.43. The van der Waals surface area contributed by atoms with Crippen LogP contribution in [-0.2, 0) is 0 Å². The summed E-state index contributed by atoms with van der Waals surface area (Å²) in [7, 11) is 0. The predicted molar refractivity (Wildman–Crippen MR) is 64.4 cm³/mol. The molecule has 0 radical (unpaired) electrons. The van der Waals surface area contributed by atoms with Crippen molar-refractivity contribution in [2.24, 2.45) is 11.8 Å². The molecule has 0 aliphatic carbocycles. The number of halogens is 1. The summed E-state index contributed by atoms with van der Waals surface area (Å²) in [5.41, 5.74) is 0. The number of rotatable bonds is 7. The summed E-state index contributed by atoms with van der Waals surface area (Å²) >= 11 is 5.55. The Morgan fingerprint density at radius 3 is 2.42 bits per heavy atom. The summed E-state index contributed by atoms with van der Waals surface area (Å²) in [4.78, 5) is 0. The highest BCUT2D eigenvalue weighted by molar-refractivity contribution is 9.09. The molecule has 2 heteroatoms. The van der Waals surface area contributed by atoms with E-state index in [1.165, 1.54) is 30.3 Å². The maximum absolute atomic E-state index is 3.59. The highest BCUT2D eigenvalue weighted by Crippen LogP contribution is 2.19. The van der Waals surface area contributed by atoms with Gasteiger partial charge in [-0.15, -0.1) is 0 Å². The first-order valence-electron chi connectivity index (χ1n) is 4.75. The molecule has 12 heavy (non-hydrogen) atoms. The number of thioether (sulfide) groups is 1. The Morgan fingerprint density at radius 2 is 2.00 bits per heavy atom. The highest BCUT2D eigenvalue weighted by Gasteiger charge is 2.08. The van der Waals surface area contributed by atoms with E-state index in [0.717, 1.165) is 11.8 Å². The van der Waals surface area contributed by atoms with Crippen LogP contribution in [0.3, 0.4) is 0 Å². The summed E-state index contributed by atoms with van der Waals surface area (Å²) in [5, 5.41) is 1.18. The first-order valence-corrected chi connectivity index (χ1v) is 7.27. The molecular formula is C10H21BrS. The smallest absolute Gasteiger partial charge is 0.00597 e. The molecule has 0 spiro atoms. The third kappa shape index (κ3) is 7.48. The van der Waals surface area contributed by atoms with Gasteiger partial charge in [0.15, 0.2) is 0 Å². The van der Waals surface area contributed by atoms with Gasteiger partial charge < -0.3 is 0 Å². The molecule has 0 N–H and O–H groups in total. The van der Waals surface area contributed by atoms with Crippen molar-refractivity contribution < 1.29 is 0 Å². The van der Waals surface area contributed by atoms with Gasteiger partial charge >= 0.3 is 0 Å². The average Bonchev–Trinajstić information content (AvgIpc) is 2.02. The zero-order valence-electron chi connectivity index (χ0n) is 8.48. The van der Waals surface area contributed by atoms with E-state index in [1.807, 2.05) is 11.8 Å². The molecule has 0 nitrogen and oxygen atoms in total. The zero-order chi connectivity index (χ0) is 9.40. The van der Waals surface area contributed by atoms with Crippen LogP contribution in [0.25, 0.3) is 0 Å². The molecule has 0 fully saturated rings. The maximum Gasteiger partial charge on any atom is 0.00597 e. The number of alkyl halides is 1. The third-order valence-electron chi connectivity index (χ3n) is 1.98. The van der Waals surface area contributed by atoms with Gasteiger partial charge in [0.25, 0.3) is 0 Å². The molecule has 0 aromatic carbocycles. The molecule has 0 heterocycles. The van der Waals surface area contributed by atoms with Crippen LogP contribution < -0.4 is 0 Å². The molecule has 0 rings (SSSR count). The highest BCUT2D eigenvalue weighted by atomic mass is 79.9. The van der Waals surface area contributed by atoms with Crippen LogP contribution in [0, 0.1) is 11.8 Å². The lowest BCUT2D eigenvalue weighted by Gasteiger charge is -2.15. The maximum atomic E-state index is 3.59. The van der Waals surface area contributed by atoms with Gasteiger partial charge in [0.1, 0.15) is 0 Å². The van der Waals surface area contributed by atoms with Crippen LogP contribution >= 0.6 is 27.7 Å². The van der Waals surface area contributed by atoms with Crippen molar-refractivity contribution >= 4 is 27.7 Å². The van der Waals surface area contributed by atoms with Crippen molar-refractivity contribution in [1.82, 2.24) is 0 Å². The first kappa shape index (κ1) is 12.8. The van der Waals surface area contributed by atoms with Gasteiger partial charge in [0.2, 0.25) is 0 Å². The topological polar surface area (TPSA) is 0 Å². The minimum atomic E-state index is 0.849. The van der Waals surface area contributed by atoms with Gasteiger partial charge in [0, 0.05) is 5.33 Å². The molecule has 0 aromatic heterocycles. The Balaban J connectivity index is 3.39. The van der Waals surface area contributed by atoms with Crippen LogP contribution in [0.5, 0.6) is 0 Å². The van der Waals surface area contributed by atoms with Gasteiger partial charge in [-0.3, -0.25) is 0 Å². The monoisotopic (exact) mass is 252 g/mol. The quantitative estimate of drug-likeness (QED) is 0.484. The second-order valence-electron chi connectivity index (χ2n) is 3.78. The van der Waals surface area contributed by atoms with Crippen LogP contribution in [-0.4, -0.2) is 17.3 Å². The van der Waals surface area contributed by atoms with Crippen molar-refractivity contribution in [3.05, 3.63) is 0 Å². The average molecular weight is 253 g/mol. The summed E-state index contributed by atoms with van der Waals surface area (Å²) in [6, 6.07) is 0. The minimum absolute atomic E-state index is 0.849. The molecule has 0 saturated heterocycles. The largest absolute Gasteiger partial charge is 0.165 e. The van der Waals surface area contributed by atoms with Crippen LogP contribution in [0.4, 0.5) is 0 Å². The van der Waals surface area contributed by atoms with Crippen molar-refractivity contribution in [3.8, 4) is 0 Å². The van der Waals surface area contributed by atoms with Crippen molar-refractivity contribution in [2.45, 2.75) is 33.1 Å². The molecule has 0 aromatic rings. The summed E-state index contributed by atoms with van der Waals surface area (Å²) in [6.07, 6.45) is 6.33. The van der Waals surface area contributed by atoms with Gasteiger partial charge in [-0.1, -0.05) is 29.8 Å². The Labute approximate surface area is 90.0 Å². The lowest BCUT2D eigenvalue weighted by molar-refractivity contribution is 0.421. The minimum Gasteiger partial charge on any atom is -0.165 e. The second-order valence-corrected chi connectivity index (χ2v) is 5.42. The third-order valence-corrected chi connectivity index (χ3v) is 3.60. The fourth-order valence-electron chi connectivity index (χ4n) is 1.44. The molecule has 0 aliphatic heterocycles. The first-order chi connectivity index (χ1) is 5.70. The zero-order valence-corrected chi connectivity index (χ0v) is 10.9. The summed E-state index contributed by atoms with van der Waals surface area (Å²) in [6.45, 7) is 4.62. The molecule has 74 valence electrons. The van der Waals surface area contributed by atoms with Crippen molar-refractivity contribution in [3.63, 3.8) is 0 Å². The van der Waals surface area contributed by atoms with E-state index in [1.54, 1.807) is 0 Å². The lowest BCUT2D eigenvalue weighted by Crippen LogP contribution is -2.06. The van der Waals surface area contributed by atoms with Gasteiger partial charge in [-0.05, 0) is 43.1 Å². The van der Waals surface area contributed by atoms with Gasteiger partial charge in [0.05, 0.1) is 0 Å². The van der Waals surface area contributed by atoms with E-state index in [-0.39, 0.29) is 0 Å². The number of hydrogen-bond donors (Lipinski definition) is 0. The molecule has 0 saturated carbocycles. The number of hydrogen-bond acceptors (Lipinski definition) is 1. The van der Waals surface area contributed by atoms with Crippen LogP contribution in [0.15, 0.2) is 0 Å². The van der Waals surface area contributed by atoms with E-state index in [4.69, 9.17) is 0 Å². The molecule has 0 bridgehead atoms. The van der Waals surface area contributed by atoms with Crippen molar-refractivity contribution in [2.75, 3.05) is 17.3 Å². The standard InChI is InChI=1S/C10H21BrS/c1-9(2)7-10(8-11)5-4-6-12-3/h9-10H,4-8H2,1-3H3. The molecule has 1 unspecified atom stereocenters. The van der Waals surface area contributed by atoms with E-state index in [9.17, 15) is 0 Å². The molecule has 0 aliphatic rings. The fraction of sp³-hybridized carbons (Fsp3) is 1.00. The summed E-state index contributed by atoms with van der Waals surface area (Å²) < 4.78 is 0.